The minimum absolute atomic E-state index is 0.0154. The molecule has 0 fully saturated rings. The lowest BCUT2D eigenvalue weighted by atomic mass is 10.2. The summed E-state index contributed by atoms with van der Waals surface area (Å²) < 4.78 is 13.1. The molecule has 2 aromatic rings. The Labute approximate surface area is 105 Å². The number of anilines is 1. The molecule has 94 valence electrons. The lowest BCUT2D eigenvalue weighted by molar-refractivity contribution is 0.301. The van der Waals surface area contributed by atoms with E-state index in [2.05, 4.69) is 9.97 Å². The summed E-state index contributed by atoms with van der Waals surface area (Å²) >= 11 is 0. The van der Waals surface area contributed by atoms with Gasteiger partial charge in [-0.1, -0.05) is 30.3 Å². The molecule has 2 rings (SSSR count). The van der Waals surface area contributed by atoms with E-state index in [1.165, 1.54) is 12.4 Å². The van der Waals surface area contributed by atoms with Crippen molar-refractivity contribution in [3.63, 3.8) is 0 Å². The largest absolute Gasteiger partial charge is 0.395 e. The lowest BCUT2D eigenvalue weighted by Gasteiger charge is -2.22. The van der Waals surface area contributed by atoms with Gasteiger partial charge in [0.1, 0.15) is 12.1 Å². The van der Waals surface area contributed by atoms with Crippen LogP contribution >= 0.6 is 0 Å². The normalized spacial score (nSPS) is 10.3. The molecule has 4 nitrogen and oxygen atoms in total. The van der Waals surface area contributed by atoms with E-state index in [9.17, 15) is 4.39 Å². The van der Waals surface area contributed by atoms with Crippen LogP contribution in [-0.4, -0.2) is 28.2 Å². The molecule has 0 amide bonds. The molecule has 18 heavy (non-hydrogen) atoms. The van der Waals surface area contributed by atoms with Crippen LogP contribution in [0.25, 0.3) is 0 Å². The first-order valence-corrected chi connectivity index (χ1v) is 5.67. The van der Waals surface area contributed by atoms with E-state index >= 15 is 0 Å². The second kappa shape index (κ2) is 6.07. The number of aliphatic hydroxyl groups is 1. The zero-order valence-corrected chi connectivity index (χ0v) is 9.83. The van der Waals surface area contributed by atoms with Gasteiger partial charge >= 0.3 is 0 Å². The third-order valence-corrected chi connectivity index (χ3v) is 2.53. The van der Waals surface area contributed by atoms with Gasteiger partial charge in [-0.25, -0.2) is 9.97 Å². The lowest BCUT2D eigenvalue weighted by Crippen LogP contribution is -2.27. The Hall–Kier alpha value is -2.01. The molecular weight excluding hydrogens is 233 g/mol. The number of rotatable bonds is 5. The number of hydrogen-bond donors (Lipinski definition) is 1. The second-order valence-electron chi connectivity index (χ2n) is 3.83. The van der Waals surface area contributed by atoms with Crippen molar-refractivity contribution in [2.75, 3.05) is 18.1 Å². The molecule has 1 aromatic heterocycles. The predicted octanol–water partition coefficient (Wildman–Crippen LogP) is 1.61. The van der Waals surface area contributed by atoms with Crippen LogP contribution in [0, 0.1) is 5.95 Å². The van der Waals surface area contributed by atoms with E-state index in [0.717, 1.165) is 5.56 Å². The van der Waals surface area contributed by atoms with Crippen molar-refractivity contribution in [3.8, 4) is 0 Å². The van der Waals surface area contributed by atoms with E-state index in [0.29, 0.717) is 18.9 Å². The summed E-state index contributed by atoms with van der Waals surface area (Å²) in [6.45, 7) is 0.946. The third kappa shape index (κ3) is 3.24. The zero-order valence-electron chi connectivity index (χ0n) is 9.83. The minimum Gasteiger partial charge on any atom is -0.395 e. The molecule has 0 bridgehead atoms. The molecule has 0 atom stereocenters. The van der Waals surface area contributed by atoms with Crippen LogP contribution in [0.1, 0.15) is 5.56 Å². The van der Waals surface area contributed by atoms with Crippen LogP contribution in [-0.2, 0) is 6.54 Å². The molecule has 0 aliphatic rings. The highest BCUT2D eigenvalue weighted by Gasteiger charge is 2.09. The number of nitrogens with zero attached hydrogens (tertiary/aromatic N) is 3. The first kappa shape index (κ1) is 12.4. The highest BCUT2D eigenvalue weighted by Crippen LogP contribution is 2.14. The van der Waals surface area contributed by atoms with Crippen LogP contribution in [0.4, 0.5) is 10.2 Å². The minimum atomic E-state index is -0.573. The van der Waals surface area contributed by atoms with Gasteiger partial charge in [-0.2, -0.15) is 4.39 Å². The maximum Gasteiger partial charge on any atom is 0.218 e. The highest BCUT2D eigenvalue weighted by atomic mass is 19.1. The Morgan fingerprint density at radius 1 is 1.17 bits per heavy atom. The smallest absolute Gasteiger partial charge is 0.218 e. The van der Waals surface area contributed by atoms with Crippen molar-refractivity contribution >= 4 is 5.82 Å². The van der Waals surface area contributed by atoms with E-state index in [-0.39, 0.29) is 6.61 Å². The summed E-state index contributed by atoms with van der Waals surface area (Å²) in [4.78, 5) is 9.25. The van der Waals surface area contributed by atoms with E-state index in [1.807, 2.05) is 30.3 Å². The summed E-state index contributed by atoms with van der Waals surface area (Å²) in [6, 6.07) is 11.0. The molecular formula is C13H14FN3O. The van der Waals surface area contributed by atoms with Crippen LogP contribution in [0.5, 0.6) is 0 Å². The van der Waals surface area contributed by atoms with Crippen molar-refractivity contribution in [2.24, 2.45) is 0 Å². The number of aromatic nitrogens is 2. The van der Waals surface area contributed by atoms with Gasteiger partial charge in [0, 0.05) is 19.2 Å². The van der Waals surface area contributed by atoms with Gasteiger partial charge in [0.25, 0.3) is 0 Å². The molecule has 1 N–H and O–H groups in total. The summed E-state index contributed by atoms with van der Waals surface area (Å²) in [5.74, 6) is -0.101. The fraction of sp³-hybridized carbons (Fsp3) is 0.231. The average Bonchev–Trinajstić information content (AvgIpc) is 2.39. The highest BCUT2D eigenvalue weighted by molar-refractivity contribution is 5.38. The Balaban J connectivity index is 2.18. The van der Waals surface area contributed by atoms with Gasteiger partial charge < -0.3 is 10.0 Å². The molecule has 0 unspecified atom stereocenters. The van der Waals surface area contributed by atoms with Crippen LogP contribution in [0.3, 0.4) is 0 Å². The van der Waals surface area contributed by atoms with Gasteiger partial charge in [-0.3, -0.25) is 0 Å². The van der Waals surface area contributed by atoms with Crippen LogP contribution in [0.2, 0.25) is 0 Å². The van der Waals surface area contributed by atoms with E-state index in [4.69, 9.17) is 5.11 Å². The topological polar surface area (TPSA) is 49.2 Å². The number of benzene rings is 1. The van der Waals surface area contributed by atoms with Crippen molar-refractivity contribution in [2.45, 2.75) is 6.54 Å². The maximum atomic E-state index is 13.1. The zero-order chi connectivity index (χ0) is 12.8. The van der Waals surface area contributed by atoms with Gasteiger partial charge in [0.15, 0.2) is 0 Å². The number of aliphatic hydroxyl groups excluding tert-OH is 1. The van der Waals surface area contributed by atoms with Crippen LogP contribution < -0.4 is 4.90 Å². The molecule has 5 heteroatoms. The fourth-order valence-corrected chi connectivity index (χ4v) is 1.70. The van der Waals surface area contributed by atoms with E-state index < -0.39 is 5.95 Å². The molecule has 0 saturated carbocycles. The molecule has 0 spiro atoms. The van der Waals surface area contributed by atoms with Crippen molar-refractivity contribution in [1.29, 1.82) is 0 Å². The van der Waals surface area contributed by atoms with Crippen LogP contribution in [0.15, 0.2) is 42.7 Å². The molecule has 0 aliphatic carbocycles. The first-order valence-electron chi connectivity index (χ1n) is 5.67. The van der Waals surface area contributed by atoms with E-state index in [1.54, 1.807) is 4.90 Å². The van der Waals surface area contributed by atoms with Crippen molar-refractivity contribution in [1.82, 2.24) is 9.97 Å². The van der Waals surface area contributed by atoms with Gasteiger partial charge in [-0.15, -0.1) is 0 Å². The van der Waals surface area contributed by atoms with Gasteiger partial charge in [0.05, 0.1) is 6.61 Å². The Bertz CT molecular complexity index is 493. The number of hydrogen-bond acceptors (Lipinski definition) is 4. The standard InChI is InChI=1S/C13H14FN3O/c14-12-8-13(16-10-15-12)17(6-7-18)9-11-4-2-1-3-5-11/h1-5,8,10,18H,6-7,9H2. The Morgan fingerprint density at radius 2 is 1.94 bits per heavy atom. The summed E-state index contributed by atoms with van der Waals surface area (Å²) in [5.41, 5.74) is 1.07. The molecule has 1 heterocycles. The monoisotopic (exact) mass is 247 g/mol. The first-order chi connectivity index (χ1) is 8.79. The fourth-order valence-electron chi connectivity index (χ4n) is 1.70. The number of halogens is 1. The summed E-state index contributed by atoms with van der Waals surface area (Å²) in [6.07, 6.45) is 1.18. The molecule has 0 radical (unpaired) electrons. The quantitative estimate of drug-likeness (QED) is 0.816. The maximum absolute atomic E-state index is 13.1. The second-order valence-corrected chi connectivity index (χ2v) is 3.83. The molecule has 0 aliphatic heterocycles. The summed E-state index contributed by atoms with van der Waals surface area (Å²) in [5, 5.41) is 9.07. The van der Waals surface area contributed by atoms with Crippen molar-refractivity contribution in [3.05, 3.63) is 54.2 Å². The Morgan fingerprint density at radius 3 is 2.61 bits per heavy atom. The van der Waals surface area contributed by atoms with Crippen molar-refractivity contribution < 1.29 is 9.50 Å². The molecule has 0 saturated heterocycles. The average molecular weight is 247 g/mol. The Kier molecular flexibility index (Phi) is 4.20. The predicted molar refractivity (Wildman–Crippen MR) is 66.6 cm³/mol. The summed E-state index contributed by atoms with van der Waals surface area (Å²) in [7, 11) is 0. The third-order valence-electron chi connectivity index (χ3n) is 2.53. The van der Waals surface area contributed by atoms with Gasteiger partial charge in [-0.05, 0) is 5.56 Å². The van der Waals surface area contributed by atoms with Gasteiger partial charge in [0.2, 0.25) is 5.95 Å². The SMILES string of the molecule is OCCN(Cc1ccccc1)c1cc(F)ncn1. The molecule has 1 aromatic carbocycles.